The second kappa shape index (κ2) is 2.91. The fourth-order valence-corrected chi connectivity index (χ4v) is 1.95. The van der Waals surface area contributed by atoms with Gasteiger partial charge in [0.15, 0.2) is 0 Å². The van der Waals surface area contributed by atoms with Gasteiger partial charge in [-0.25, -0.2) is 0 Å². The van der Waals surface area contributed by atoms with Gasteiger partial charge in [-0.3, -0.25) is 0 Å². The maximum absolute atomic E-state index is 2.30. The molecule has 0 saturated heterocycles. The van der Waals surface area contributed by atoms with Crippen LogP contribution in [-0.4, -0.2) is 13.6 Å². The molecule has 0 bridgehead atoms. The minimum Gasteiger partial charge on any atom is -0.370 e. The Morgan fingerprint density at radius 1 is 1.15 bits per heavy atom. The summed E-state index contributed by atoms with van der Waals surface area (Å²) in [6, 6.07) is 4.39. The lowest BCUT2D eigenvalue weighted by Crippen LogP contribution is -2.21. The quantitative estimate of drug-likeness (QED) is 0.583. The van der Waals surface area contributed by atoms with Crippen LogP contribution in [0, 0.1) is 13.8 Å². The number of rotatable bonds is 0. The molecule has 1 aliphatic heterocycles. The second-order valence-corrected chi connectivity index (χ2v) is 3.74. The lowest BCUT2D eigenvalue weighted by Gasteiger charge is -2.26. The first-order chi connectivity index (χ1) is 6.20. The highest BCUT2D eigenvalue weighted by molar-refractivity contribution is 5.76. The van der Waals surface area contributed by atoms with Crippen LogP contribution in [0.15, 0.2) is 18.2 Å². The molecule has 0 saturated carbocycles. The third kappa shape index (κ3) is 1.24. The molecular weight excluding hydrogens is 158 g/mol. The first-order valence-electron chi connectivity index (χ1n) is 4.68. The van der Waals surface area contributed by atoms with E-state index in [0.717, 1.165) is 6.54 Å². The second-order valence-electron chi connectivity index (χ2n) is 3.74. The summed E-state index contributed by atoms with van der Waals surface area (Å²) in [6.45, 7) is 5.37. The van der Waals surface area contributed by atoms with Crippen molar-refractivity contribution in [1.82, 2.24) is 0 Å². The molecule has 1 aromatic carbocycles. The zero-order valence-corrected chi connectivity index (χ0v) is 8.46. The van der Waals surface area contributed by atoms with Gasteiger partial charge in [0.05, 0.1) is 0 Å². The molecule has 13 heavy (non-hydrogen) atoms. The highest BCUT2D eigenvalue weighted by Gasteiger charge is 2.12. The summed E-state index contributed by atoms with van der Waals surface area (Å²) < 4.78 is 0. The van der Waals surface area contributed by atoms with E-state index < -0.39 is 0 Å². The van der Waals surface area contributed by atoms with Gasteiger partial charge in [-0.05, 0) is 25.0 Å². The Morgan fingerprint density at radius 2 is 1.85 bits per heavy atom. The topological polar surface area (TPSA) is 3.24 Å². The molecule has 68 valence electrons. The van der Waals surface area contributed by atoms with Crippen molar-refractivity contribution < 1.29 is 0 Å². The van der Waals surface area contributed by atoms with Crippen molar-refractivity contribution in [2.75, 3.05) is 18.5 Å². The van der Waals surface area contributed by atoms with E-state index in [4.69, 9.17) is 0 Å². The third-order valence-electron chi connectivity index (χ3n) is 2.68. The Morgan fingerprint density at radius 3 is 2.54 bits per heavy atom. The van der Waals surface area contributed by atoms with Gasteiger partial charge in [0.1, 0.15) is 0 Å². The molecule has 0 unspecified atom stereocenters. The molecule has 0 radical (unpaired) electrons. The van der Waals surface area contributed by atoms with Crippen LogP contribution in [-0.2, 0) is 0 Å². The van der Waals surface area contributed by atoms with Crippen molar-refractivity contribution >= 4 is 11.8 Å². The van der Waals surface area contributed by atoms with E-state index in [9.17, 15) is 0 Å². The maximum atomic E-state index is 2.30. The minimum absolute atomic E-state index is 1.03. The summed E-state index contributed by atoms with van der Waals surface area (Å²) in [5.41, 5.74) is 5.51. The fraction of sp³-hybridized carbons (Fsp3) is 0.333. The number of hydrogen-bond acceptors (Lipinski definition) is 1. The normalized spacial score (nSPS) is 14.5. The van der Waals surface area contributed by atoms with Gasteiger partial charge in [-0.15, -0.1) is 0 Å². The predicted molar refractivity (Wildman–Crippen MR) is 58.2 cm³/mol. The predicted octanol–water partition coefficient (Wildman–Crippen LogP) is 2.77. The zero-order valence-electron chi connectivity index (χ0n) is 8.46. The average molecular weight is 173 g/mol. The van der Waals surface area contributed by atoms with E-state index >= 15 is 0 Å². The smallest absolute Gasteiger partial charge is 0.0472 e. The van der Waals surface area contributed by atoms with Crippen LogP contribution in [0.5, 0.6) is 0 Å². The molecule has 1 aliphatic rings. The number of aryl methyl sites for hydroxylation is 2. The van der Waals surface area contributed by atoms with Crippen molar-refractivity contribution in [2.45, 2.75) is 13.8 Å². The molecule has 0 N–H and O–H groups in total. The fourth-order valence-electron chi connectivity index (χ4n) is 1.95. The summed E-state index contributed by atoms with van der Waals surface area (Å²) in [5.74, 6) is 0. The van der Waals surface area contributed by atoms with Gasteiger partial charge in [-0.1, -0.05) is 24.3 Å². The first kappa shape index (κ1) is 8.36. The SMILES string of the molecule is Cc1ccc(C)c2c1C=CCN2C. The molecule has 0 aromatic heterocycles. The van der Waals surface area contributed by atoms with E-state index in [1.54, 1.807) is 0 Å². The van der Waals surface area contributed by atoms with Crippen molar-refractivity contribution in [1.29, 1.82) is 0 Å². The molecule has 0 spiro atoms. The summed E-state index contributed by atoms with van der Waals surface area (Å²) in [7, 11) is 2.15. The van der Waals surface area contributed by atoms with Crippen LogP contribution in [0.3, 0.4) is 0 Å². The standard InChI is InChI=1S/C12H15N/c1-9-6-7-10(2)12-11(9)5-4-8-13(12)3/h4-7H,8H2,1-3H3. The monoisotopic (exact) mass is 173 g/mol. The highest BCUT2D eigenvalue weighted by Crippen LogP contribution is 2.30. The molecular formula is C12H15N. The minimum atomic E-state index is 1.03. The van der Waals surface area contributed by atoms with Crippen molar-refractivity contribution in [3.63, 3.8) is 0 Å². The highest BCUT2D eigenvalue weighted by atomic mass is 15.1. The molecule has 1 heteroatoms. The Hall–Kier alpha value is -1.24. The van der Waals surface area contributed by atoms with Crippen LogP contribution in [0.2, 0.25) is 0 Å². The van der Waals surface area contributed by atoms with E-state index in [0.29, 0.717) is 0 Å². The van der Waals surface area contributed by atoms with E-state index in [2.05, 4.69) is 50.1 Å². The van der Waals surface area contributed by atoms with Gasteiger partial charge in [0.2, 0.25) is 0 Å². The summed E-state index contributed by atoms with van der Waals surface area (Å²) in [4.78, 5) is 2.30. The van der Waals surface area contributed by atoms with E-state index in [1.165, 1.54) is 22.4 Å². The summed E-state index contributed by atoms with van der Waals surface area (Å²) in [6.07, 6.45) is 4.45. The molecule has 0 fully saturated rings. The number of anilines is 1. The third-order valence-corrected chi connectivity index (χ3v) is 2.68. The molecule has 1 heterocycles. The molecule has 0 atom stereocenters. The van der Waals surface area contributed by atoms with Crippen LogP contribution in [0.25, 0.3) is 6.08 Å². The Kier molecular flexibility index (Phi) is 1.87. The molecule has 1 aromatic rings. The zero-order chi connectivity index (χ0) is 9.42. The Bertz CT molecular complexity index is 364. The van der Waals surface area contributed by atoms with Crippen molar-refractivity contribution in [3.8, 4) is 0 Å². The number of nitrogens with zero attached hydrogens (tertiary/aromatic N) is 1. The van der Waals surface area contributed by atoms with Crippen LogP contribution >= 0.6 is 0 Å². The van der Waals surface area contributed by atoms with Crippen LogP contribution < -0.4 is 4.90 Å². The van der Waals surface area contributed by atoms with E-state index in [1.807, 2.05) is 0 Å². The Labute approximate surface area is 79.7 Å². The Balaban J connectivity index is 2.69. The van der Waals surface area contributed by atoms with Crippen LogP contribution in [0.1, 0.15) is 16.7 Å². The van der Waals surface area contributed by atoms with Gasteiger partial charge in [0, 0.05) is 24.8 Å². The first-order valence-corrected chi connectivity index (χ1v) is 4.68. The van der Waals surface area contributed by atoms with Gasteiger partial charge in [-0.2, -0.15) is 0 Å². The molecule has 0 aliphatic carbocycles. The summed E-state index contributed by atoms with van der Waals surface area (Å²) >= 11 is 0. The molecule has 1 nitrogen and oxygen atoms in total. The number of hydrogen-bond donors (Lipinski definition) is 0. The van der Waals surface area contributed by atoms with Gasteiger partial charge in [0.25, 0.3) is 0 Å². The summed E-state index contributed by atoms with van der Waals surface area (Å²) in [5, 5.41) is 0. The van der Waals surface area contributed by atoms with Crippen LogP contribution in [0.4, 0.5) is 5.69 Å². The number of likely N-dealkylation sites (N-methyl/N-ethyl adjacent to an activating group) is 1. The number of fused-ring (bicyclic) bond motifs is 1. The molecule has 2 rings (SSSR count). The number of benzene rings is 1. The van der Waals surface area contributed by atoms with Gasteiger partial charge < -0.3 is 4.90 Å². The average Bonchev–Trinajstić information content (AvgIpc) is 2.12. The largest absolute Gasteiger partial charge is 0.370 e. The van der Waals surface area contributed by atoms with E-state index in [-0.39, 0.29) is 0 Å². The van der Waals surface area contributed by atoms with Gasteiger partial charge >= 0.3 is 0 Å². The van der Waals surface area contributed by atoms with Crippen molar-refractivity contribution in [3.05, 3.63) is 34.9 Å². The molecule has 0 amide bonds. The van der Waals surface area contributed by atoms with Crippen molar-refractivity contribution in [2.24, 2.45) is 0 Å². The lowest BCUT2D eigenvalue weighted by molar-refractivity contribution is 1.00. The lowest BCUT2D eigenvalue weighted by atomic mass is 9.99. The maximum Gasteiger partial charge on any atom is 0.0472 e.